The molecule has 1 fully saturated rings. The molecule has 0 unspecified atom stereocenters. The Labute approximate surface area is 147 Å². The first-order valence-electron chi connectivity index (χ1n) is 8.71. The fraction of sp³-hybridized carbons (Fsp3) is 0.556. The number of hydrogen-bond donors (Lipinski definition) is 2. The molecule has 0 spiro atoms. The maximum Gasteiger partial charge on any atom is 0.317 e. The van der Waals surface area contributed by atoms with E-state index in [-0.39, 0.29) is 18.3 Å². The van der Waals surface area contributed by atoms with Crippen molar-refractivity contribution < 1.29 is 19.1 Å². The van der Waals surface area contributed by atoms with Crippen LogP contribution in [-0.2, 0) is 9.59 Å². The minimum atomic E-state index is -0.790. The summed E-state index contributed by atoms with van der Waals surface area (Å²) >= 11 is 0. The largest absolute Gasteiger partial charge is 0.480 e. The first-order valence-corrected chi connectivity index (χ1v) is 8.71. The number of aliphatic carboxylic acids is 1. The molecule has 25 heavy (non-hydrogen) atoms. The molecule has 1 aromatic rings. The van der Waals surface area contributed by atoms with Gasteiger partial charge in [-0.2, -0.15) is 0 Å². The topological polar surface area (TPSA) is 72.9 Å². The fourth-order valence-corrected chi connectivity index (χ4v) is 3.20. The summed E-state index contributed by atoms with van der Waals surface area (Å²) in [6.45, 7) is 5.20. The minimum absolute atomic E-state index is 0.0846. The Kier molecular flexibility index (Phi) is 7.33. The lowest BCUT2D eigenvalue weighted by atomic mass is 10.0. The Morgan fingerprint density at radius 1 is 1.28 bits per heavy atom. The van der Waals surface area contributed by atoms with Gasteiger partial charge in [-0.05, 0) is 56.7 Å². The second-order valence-electron chi connectivity index (χ2n) is 6.33. The summed E-state index contributed by atoms with van der Waals surface area (Å²) in [6.07, 6.45) is 2.22. The number of hydrogen-bond acceptors (Lipinski definition) is 4. The average Bonchev–Trinajstić information content (AvgIpc) is 2.60. The van der Waals surface area contributed by atoms with Crippen LogP contribution in [0.5, 0.6) is 0 Å². The number of carboxylic acid groups (broad SMARTS) is 1. The minimum Gasteiger partial charge on any atom is -0.480 e. The molecule has 7 heteroatoms. The molecule has 138 valence electrons. The van der Waals surface area contributed by atoms with Crippen LogP contribution in [0.3, 0.4) is 0 Å². The molecule has 6 nitrogen and oxygen atoms in total. The van der Waals surface area contributed by atoms with Crippen molar-refractivity contribution in [2.45, 2.75) is 32.2 Å². The number of anilines is 1. The third-order valence-corrected chi connectivity index (χ3v) is 4.60. The molecule has 0 aliphatic carbocycles. The van der Waals surface area contributed by atoms with E-state index >= 15 is 0 Å². The maximum absolute atomic E-state index is 12.8. The number of carboxylic acids is 1. The van der Waals surface area contributed by atoms with Crippen LogP contribution in [0.25, 0.3) is 0 Å². The number of likely N-dealkylation sites (N-methyl/N-ethyl adjacent to an activating group) is 1. The molecule has 0 radical (unpaired) electrons. The van der Waals surface area contributed by atoms with E-state index in [1.165, 1.54) is 12.1 Å². The predicted octanol–water partition coefficient (Wildman–Crippen LogP) is 2.03. The molecule has 1 aliphatic rings. The molecular formula is C18H26FN3O3. The fourth-order valence-electron chi connectivity index (χ4n) is 3.20. The maximum atomic E-state index is 12.8. The van der Waals surface area contributed by atoms with Crippen LogP contribution in [0.1, 0.15) is 26.2 Å². The van der Waals surface area contributed by atoms with E-state index in [2.05, 4.69) is 10.2 Å². The lowest BCUT2D eigenvalue weighted by Crippen LogP contribution is -2.47. The zero-order valence-electron chi connectivity index (χ0n) is 14.6. The molecule has 2 rings (SSSR count). The van der Waals surface area contributed by atoms with Crippen molar-refractivity contribution in [3.05, 3.63) is 30.1 Å². The van der Waals surface area contributed by atoms with Crippen LogP contribution in [-0.4, -0.2) is 65.5 Å². The summed E-state index contributed by atoms with van der Waals surface area (Å²) in [4.78, 5) is 27.1. The highest BCUT2D eigenvalue weighted by molar-refractivity contribution is 5.90. The normalized spacial score (nSPS) is 16.1. The molecule has 1 aromatic carbocycles. The second-order valence-corrected chi connectivity index (χ2v) is 6.33. The van der Waals surface area contributed by atoms with Crippen molar-refractivity contribution in [3.8, 4) is 0 Å². The number of benzene rings is 1. The number of carbonyl (C=O) groups is 2. The molecule has 2 N–H and O–H groups in total. The Balaban J connectivity index is 1.70. The first kappa shape index (κ1) is 19.3. The van der Waals surface area contributed by atoms with Crippen LogP contribution in [0, 0.1) is 5.82 Å². The van der Waals surface area contributed by atoms with Crippen LogP contribution in [0.4, 0.5) is 10.1 Å². The van der Waals surface area contributed by atoms with Gasteiger partial charge < -0.3 is 15.3 Å². The van der Waals surface area contributed by atoms with Crippen molar-refractivity contribution in [3.63, 3.8) is 0 Å². The highest BCUT2D eigenvalue weighted by Crippen LogP contribution is 2.17. The van der Waals surface area contributed by atoms with Gasteiger partial charge in [0.25, 0.3) is 0 Å². The van der Waals surface area contributed by atoms with Crippen molar-refractivity contribution in [1.29, 1.82) is 0 Å². The van der Waals surface area contributed by atoms with Gasteiger partial charge in [0, 0.05) is 24.7 Å². The number of amides is 1. The van der Waals surface area contributed by atoms with Gasteiger partial charge in [0.1, 0.15) is 5.82 Å². The monoisotopic (exact) mass is 351 g/mol. The highest BCUT2D eigenvalue weighted by atomic mass is 19.1. The quantitative estimate of drug-likeness (QED) is 0.750. The Morgan fingerprint density at radius 2 is 1.92 bits per heavy atom. The molecule has 1 saturated heterocycles. The van der Waals surface area contributed by atoms with E-state index in [0.717, 1.165) is 32.5 Å². The second kappa shape index (κ2) is 9.48. The summed E-state index contributed by atoms with van der Waals surface area (Å²) < 4.78 is 12.8. The number of piperidine rings is 1. The molecule has 0 aromatic heterocycles. The number of likely N-dealkylation sites (tertiary alicyclic amines) is 1. The third kappa shape index (κ3) is 6.43. The molecule has 0 bridgehead atoms. The predicted molar refractivity (Wildman–Crippen MR) is 94.0 cm³/mol. The van der Waals surface area contributed by atoms with Gasteiger partial charge in [-0.15, -0.1) is 0 Å². The zero-order valence-corrected chi connectivity index (χ0v) is 14.6. The van der Waals surface area contributed by atoms with Crippen LogP contribution < -0.4 is 5.32 Å². The molecule has 1 heterocycles. The number of nitrogens with zero attached hydrogens (tertiary/aromatic N) is 2. The van der Waals surface area contributed by atoms with Crippen LogP contribution in [0.2, 0.25) is 0 Å². The van der Waals surface area contributed by atoms with E-state index < -0.39 is 5.97 Å². The molecule has 0 saturated carbocycles. The van der Waals surface area contributed by atoms with Crippen molar-refractivity contribution >= 4 is 17.6 Å². The van der Waals surface area contributed by atoms with Gasteiger partial charge in [0.2, 0.25) is 5.91 Å². The zero-order chi connectivity index (χ0) is 18.2. The van der Waals surface area contributed by atoms with Gasteiger partial charge in [-0.25, -0.2) is 4.39 Å². The van der Waals surface area contributed by atoms with E-state index in [1.807, 2.05) is 11.8 Å². The number of carbonyl (C=O) groups excluding carboxylic acids is 1. The number of halogens is 1. The van der Waals surface area contributed by atoms with E-state index in [9.17, 15) is 14.0 Å². The first-order chi connectivity index (χ1) is 12.0. The van der Waals surface area contributed by atoms with Crippen LogP contribution in [0.15, 0.2) is 24.3 Å². The van der Waals surface area contributed by atoms with Crippen molar-refractivity contribution in [2.75, 3.05) is 38.0 Å². The smallest absolute Gasteiger partial charge is 0.317 e. The summed E-state index contributed by atoms with van der Waals surface area (Å²) in [5.41, 5.74) is 0.595. The summed E-state index contributed by atoms with van der Waals surface area (Å²) in [7, 11) is 0. The summed E-state index contributed by atoms with van der Waals surface area (Å²) in [5.74, 6) is -1.21. The molecule has 1 amide bonds. The van der Waals surface area contributed by atoms with E-state index in [0.29, 0.717) is 24.7 Å². The number of nitrogens with one attached hydrogen (secondary N) is 1. The molecule has 0 atom stereocenters. The van der Waals surface area contributed by atoms with Gasteiger partial charge >= 0.3 is 5.97 Å². The third-order valence-electron chi connectivity index (χ3n) is 4.60. The Bertz CT molecular complexity index is 571. The van der Waals surface area contributed by atoms with E-state index in [1.54, 1.807) is 12.1 Å². The lowest BCUT2D eigenvalue weighted by Gasteiger charge is -2.37. The SMILES string of the molecule is CCN(CC(=O)O)C1CCN(CCC(=O)Nc2ccc(F)cc2)CC1. The Morgan fingerprint density at radius 3 is 2.48 bits per heavy atom. The van der Waals surface area contributed by atoms with Crippen molar-refractivity contribution in [2.24, 2.45) is 0 Å². The summed E-state index contributed by atoms with van der Waals surface area (Å²) in [5, 5.41) is 11.7. The molecular weight excluding hydrogens is 325 g/mol. The van der Waals surface area contributed by atoms with Gasteiger partial charge in [-0.3, -0.25) is 14.5 Å². The summed E-state index contributed by atoms with van der Waals surface area (Å²) in [6, 6.07) is 6.01. The van der Waals surface area contributed by atoms with Gasteiger partial charge in [-0.1, -0.05) is 6.92 Å². The lowest BCUT2D eigenvalue weighted by molar-refractivity contribution is -0.139. The van der Waals surface area contributed by atoms with Crippen molar-refractivity contribution in [1.82, 2.24) is 9.80 Å². The van der Waals surface area contributed by atoms with Gasteiger partial charge in [0.15, 0.2) is 0 Å². The van der Waals surface area contributed by atoms with Gasteiger partial charge in [0.05, 0.1) is 6.54 Å². The highest BCUT2D eigenvalue weighted by Gasteiger charge is 2.25. The number of rotatable bonds is 8. The van der Waals surface area contributed by atoms with Crippen LogP contribution >= 0.6 is 0 Å². The standard InChI is InChI=1S/C18H26FN3O3/c1-2-22(13-18(24)25)16-7-10-21(11-8-16)12-9-17(23)20-15-5-3-14(19)4-6-15/h3-6,16H,2,7-13H2,1H3,(H,20,23)(H,24,25). The van der Waals surface area contributed by atoms with E-state index in [4.69, 9.17) is 5.11 Å². The average molecular weight is 351 g/mol. The molecule has 1 aliphatic heterocycles. The Hall–Kier alpha value is -1.99.